The first kappa shape index (κ1) is 10.3. The van der Waals surface area contributed by atoms with Crippen LogP contribution in [-0.4, -0.2) is 40.9 Å². The Kier molecular flexibility index (Phi) is 2.75. The van der Waals surface area contributed by atoms with Gasteiger partial charge in [0.2, 0.25) is 5.91 Å². The van der Waals surface area contributed by atoms with E-state index in [4.69, 9.17) is 5.73 Å². The predicted octanol–water partition coefficient (Wildman–Crippen LogP) is 0.832. The SMILES string of the molecule is CSC1(CN2CC(N)CC2=O)CCC1. The molecule has 1 saturated carbocycles. The van der Waals surface area contributed by atoms with E-state index in [2.05, 4.69) is 6.26 Å². The van der Waals surface area contributed by atoms with Crippen molar-refractivity contribution in [2.24, 2.45) is 5.73 Å². The van der Waals surface area contributed by atoms with Gasteiger partial charge in [0.25, 0.3) is 0 Å². The molecular weight excluding hydrogens is 196 g/mol. The number of carbonyl (C=O) groups excluding carboxylic acids is 1. The molecule has 0 radical (unpaired) electrons. The highest BCUT2D eigenvalue weighted by Gasteiger charge is 2.40. The summed E-state index contributed by atoms with van der Waals surface area (Å²) in [5.41, 5.74) is 5.77. The summed E-state index contributed by atoms with van der Waals surface area (Å²) in [5, 5.41) is 0. The molecule has 0 bridgehead atoms. The van der Waals surface area contributed by atoms with Gasteiger partial charge < -0.3 is 10.6 Å². The van der Waals surface area contributed by atoms with E-state index in [9.17, 15) is 4.79 Å². The van der Waals surface area contributed by atoms with Crippen molar-refractivity contribution < 1.29 is 4.79 Å². The van der Waals surface area contributed by atoms with Crippen molar-refractivity contribution in [1.29, 1.82) is 0 Å². The molecule has 80 valence electrons. The number of nitrogens with zero attached hydrogens (tertiary/aromatic N) is 1. The Morgan fingerprint density at radius 1 is 1.64 bits per heavy atom. The predicted molar refractivity (Wildman–Crippen MR) is 59.3 cm³/mol. The number of likely N-dealkylation sites (tertiary alicyclic amines) is 1. The lowest BCUT2D eigenvalue weighted by Crippen LogP contribution is -2.46. The van der Waals surface area contributed by atoms with E-state index >= 15 is 0 Å². The molecule has 0 spiro atoms. The zero-order chi connectivity index (χ0) is 10.2. The summed E-state index contributed by atoms with van der Waals surface area (Å²) in [6.07, 6.45) is 6.53. The molecule has 1 unspecified atom stereocenters. The molecule has 1 saturated heterocycles. The summed E-state index contributed by atoms with van der Waals surface area (Å²) >= 11 is 1.91. The van der Waals surface area contributed by atoms with Gasteiger partial charge >= 0.3 is 0 Å². The number of amides is 1. The van der Waals surface area contributed by atoms with E-state index in [1.54, 1.807) is 0 Å². The minimum absolute atomic E-state index is 0.0708. The number of hydrogen-bond donors (Lipinski definition) is 1. The van der Waals surface area contributed by atoms with Gasteiger partial charge in [0.1, 0.15) is 0 Å². The van der Waals surface area contributed by atoms with E-state index in [0.717, 1.165) is 13.1 Å². The molecule has 0 aromatic heterocycles. The van der Waals surface area contributed by atoms with Crippen LogP contribution in [0.4, 0.5) is 0 Å². The third-order valence-corrected chi connectivity index (χ3v) is 4.82. The van der Waals surface area contributed by atoms with Crippen molar-refractivity contribution in [2.45, 2.75) is 36.5 Å². The van der Waals surface area contributed by atoms with E-state index in [0.29, 0.717) is 11.2 Å². The second-order valence-corrected chi connectivity index (χ2v) is 5.75. The average Bonchev–Trinajstić information content (AvgIpc) is 2.38. The molecule has 2 rings (SSSR count). The van der Waals surface area contributed by atoms with E-state index in [1.165, 1.54) is 19.3 Å². The van der Waals surface area contributed by atoms with Gasteiger partial charge in [-0.15, -0.1) is 0 Å². The highest BCUT2D eigenvalue weighted by atomic mass is 32.2. The fourth-order valence-corrected chi connectivity index (χ4v) is 3.28. The van der Waals surface area contributed by atoms with Gasteiger partial charge in [0, 0.05) is 30.3 Å². The Hall–Kier alpha value is -0.220. The van der Waals surface area contributed by atoms with Crippen LogP contribution < -0.4 is 5.73 Å². The lowest BCUT2D eigenvalue weighted by molar-refractivity contribution is -0.128. The quantitative estimate of drug-likeness (QED) is 0.757. The summed E-state index contributed by atoms with van der Waals surface area (Å²) < 4.78 is 0.361. The molecule has 1 heterocycles. The van der Waals surface area contributed by atoms with E-state index in [1.807, 2.05) is 16.7 Å². The van der Waals surface area contributed by atoms with E-state index in [-0.39, 0.29) is 11.9 Å². The smallest absolute Gasteiger partial charge is 0.224 e. The maximum atomic E-state index is 11.6. The number of thioether (sulfide) groups is 1. The van der Waals surface area contributed by atoms with Crippen molar-refractivity contribution in [1.82, 2.24) is 4.90 Å². The normalized spacial score (nSPS) is 30.6. The van der Waals surface area contributed by atoms with Gasteiger partial charge in [-0.3, -0.25) is 4.79 Å². The zero-order valence-electron chi connectivity index (χ0n) is 8.66. The number of rotatable bonds is 3. The van der Waals surface area contributed by atoms with Crippen molar-refractivity contribution >= 4 is 17.7 Å². The number of hydrogen-bond acceptors (Lipinski definition) is 3. The third-order valence-electron chi connectivity index (χ3n) is 3.42. The topological polar surface area (TPSA) is 46.3 Å². The fourth-order valence-electron chi connectivity index (χ4n) is 2.30. The van der Waals surface area contributed by atoms with Crippen molar-refractivity contribution in [3.8, 4) is 0 Å². The summed E-state index contributed by atoms with van der Waals surface area (Å²) in [6, 6.07) is 0.0708. The summed E-state index contributed by atoms with van der Waals surface area (Å²) in [4.78, 5) is 13.5. The van der Waals surface area contributed by atoms with Gasteiger partial charge in [-0.25, -0.2) is 0 Å². The first-order valence-corrected chi connectivity index (χ1v) is 6.46. The molecule has 0 aromatic carbocycles. The average molecular weight is 214 g/mol. The van der Waals surface area contributed by atoms with Gasteiger partial charge in [0.05, 0.1) is 0 Å². The van der Waals surface area contributed by atoms with Gasteiger partial charge in [-0.1, -0.05) is 6.42 Å². The summed E-state index contributed by atoms with van der Waals surface area (Å²) in [7, 11) is 0. The van der Waals surface area contributed by atoms with Gasteiger partial charge in [0.15, 0.2) is 0 Å². The first-order valence-electron chi connectivity index (χ1n) is 5.24. The molecule has 1 aliphatic heterocycles. The van der Waals surface area contributed by atoms with Crippen LogP contribution in [0.15, 0.2) is 0 Å². The Morgan fingerprint density at radius 3 is 2.71 bits per heavy atom. The Bertz CT molecular complexity index is 235. The van der Waals surface area contributed by atoms with E-state index < -0.39 is 0 Å². The zero-order valence-corrected chi connectivity index (χ0v) is 9.48. The summed E-state index contributed by atoms with van der Waals surface area (Å²) in [6.45, 7) is 1.68. The molecule has 1 aliphatic carbocycles. The second kappa shape index (κ2) is 3.74. The summed E-state index contributed by atoms with van der Waals surface area (Å²) in [5.74, 6) is 0.248. The molecule has 2 N–H and O–H groups in total. The van der Waals surface area contributed by atoms with Crippen LogP contribution in [0.2, 0.25) is 0 Å². The van der Waals surface area contributed by atoms with Crippen molar-refractivity contribution in [3.63, 3.8) is 0 Å². The standard InChI is InChI=1S/C10H18N2OS/c1-14-10(3-2-4-10)7-12-6-8(11)5-9(12)13/h8H,2-7,11H2,1H3. The van der Waals surface area contributed by atoms with Crippen LogP contribution in [-0.2, 0) is 4.79 Å². The van der Waals surface area contributed by atoms with Crippen molar-refractivity contribution in [3.05, 3.63) is 0 Å². The minimum atomic E-state index is 0.0708. The highest BCUT2D eigenvalue weighted by molar-refractivity contribution is 8.00. The van der Waals surface area contributed by atoms with Gasteiger partial charge in [-0.2, -0.15) is 11.8 Å². The van der Waals surface area contributed by atoms with Crippen molar-refractivity contribution in [2.75, 3.05) is 19.3 Å². The van der Waals surface area contributed by atoms with Crippen LogP contribution in [0.25, 0.3) is 0 Å². The molecule has 3 nitrogen and oxygen atoms in total. The van der Waals surface area contributed by atoms with Crippen LogP contribution in [0.3, 0.4) is 0 Å². The monoisotopic (exact) mass is 214 g/mol. The second-order valence-electron chi connectivity index (χ2n) is 4.48. The molecular formula is C10H18N2OS. The number of carbonyl (C=O) groups is 1. The third kappa shape index (κ3) is 1.77. The number of nitrogens with two attached hydrogens (primary N) is 1. The molecule has 2 fully saturated rings. The molecule has 2 aliphatic rings. The lowest BCUT2D eigenvalue weighted by Gasteiger charge is -2.43. The van der Waals surface area contributed by atoms with Crippen LogP contribution in [0, 0.1) is 0 Å². The maximum absolute atomic E-state index is 11.6. The highest BCUT2D eigenvalue weighted by Crippen LogP contribution is 2.43. The van der Waals surface area contributed by atoms with Crippen LogP contribution in [0.1, 0.15) is 25.7 Å². The maximum Gasteiger partial charge on any atom is 0.224 e. The molecule has 14 heavy (non-hydrogen) atoms. The molecule has 0 aromatic rings. The first-order chi connectivity index (χ1) is 6.65. The lowest BCUT2D eigenvalue weighted by atomic mass is 9.84. The molecule has 4 heteroatoms. The fraction of sp³-hybridized carbons (Fsp3) is 0.900. The Labute approximate surface area is 89.4 Å². The molecule has 1 amide bonds. The Morgan fingerprint density at radius 2 is 2.36 bits per heavy atom. The van der Waals surface area contributed by atoms with Crippen LogP contribution in [0.5, 0.6) is 0 Å². The Balaban J connectivity index is 1.93. The van der Waals surface area contributed by atoms with Crippen LogP contribution >= 0.6 is 11.8 Å². The largest absolute Gasteiger partial charge is 0.340 e. The van der Waals surface area contributed by atoms with Gasteiger partial charge in [-0.05, 0) is 19.1 Å². The molecule has 1 atom stereocenters. The minimum Gasteiger partial charge on any atom is -0.340 e.